The second-order valence-corrected chi connectivity index (χ2v) is 12.9. The first-order chi connectivity index (χ1) is 24.6. The molecule has 8 aromatic rings. The van der Waals surface area contributed by atoms with Gasteiger partial charge in [0.15, 0.2) is 0 Å². The molecule has 0 unspecified atom stereocenters. The topological polar surface area (TPSA) is 29.0 Å². The fourth-order valence-electron chi connectivity index (χ4n) is 6.84. The van der Waals surface area contributed by atoms with Gasteiger partial charge in [0.25, 0.3) is 0 Å². The van der Waals surface area contributed by atoms with Crippen molar-refractivity contribution in [1.29, 1.82) is 0 Å². The Labute approximate surface area is 313 Å². The molecule has 249 valence electrons. The van der Waals surface area contributed by atoms with E-state index in [1.54, 1.807) is 6.20 Å². The van der Waals surface area contributed by atoms with Gasteiger partial charge in [-0.05, 0) is 69.8 Å². The van der Waals surface area contributed by atoms with Crippen molar-refractivity contribution in [3.05, 3.63) is 199 Å². The van der Waals surface area contributed by atoms with Gasteiger partial charge in [0.05, 0.1) is 5.52 Å². The maximum absolute atomic E-state index is 4.84. The molecule has 0 spiro atoms. The van der Waals surface area contributed by atoms with Gasteiger partial charge in [-0.3, -0.25) is 4.98 Å². The number of benzene rings is 6. The summed E-state index contributed by atoms with van der Waals surface area (Å²) in [6, 6.07) is 65.2. The fourth-order valence-corrected chi connectivity index (χ4v) is 6.84. The molecule has 0 saturated heterocycles. The Morgan fingerprint density at radius 3 is 1.88 bits per heavy atom. The Bertz CT molecular complexity index is 2350. The molecule has 2 aromatic heterocycles. The largest absolute Gasteiger partial charge is 0.352 e. The van der Waals surface area contributed by atoms with Gasteiger partial charge >= 0.3 is 0 Å². The number of hydrogen-bond donors (Lipinski definition) is 0. The summed E-state index contributed by atoms with van der Waals surface area (Å²) in [5.74, 6) is 0. The van der Waals surface area contributed by atoms with E-state index in [2.05, 4.69) is 157 Å². The molecule has 1 aliphatic rings. The van der Waals surface area contributed by atoms with Gasteiger partial charge in [0.2, 0.25) is 0 Å². The third-order valence-electron chi connectivity index (χ3n) is 9.41. The van der Waals surface area contributed by atoms with Crippen LogP contribution >= 0.6 is 0 Å². The number of hydrogen-bond acceptors (Lipinski definition) is 3. The SMILES string of the molecule is CC1(C)c2ccccc2-c2c[c-]c(-c3ccc4ccccc4n3)cc21.[Ir].[c-]1cc(N(c2ccccc2)c2ccccc2)ccc1-c1ccccn1. The molecule has 0 N–H and O–H groups in total. The van der Waals surface area contributed by atoms with E-state index in [9.17, 15) is 0 Å². The Kier molecular flexibility index (Phi) is 9.72. The second-order valence-electron chi connectivity index (χ2n) is 12.9. The van der Waals surface area contributed by atoms with Gasteiger partial charge in [0.1, 0.15) is 0 Å². The van der Waals surface area contributed by atoms with Crippen LogP contribution < -0.4 is 4.90 Å². The Morgan fingerprint density at radius 1 is 0.510 bits per heavy atom. The molecular formula is C47H35IrN3-2. The first kappa shape index (κ1) is 33.8. The minimum atomic E-state index is 0. The Hall–Kier alpha value is -5.67. The molecule has 51 heavy (non-hydrogen) atoms. The number of aromatic nitrogens is 2. The van der Waals surface area contributed by atoms with Crippen LogP contribution in [0.3, 0.4) is 0 Å². The van der Waals surface area contributed by atoms with E-state index in [1.165, 1.54) is 27.6 Å². The van der Waals surface area contributed by atoms with Crippen molar-refractivity contribution in [3.63, 3.8) is 0 Å². The number of pyridine rings is 2. The number of para-hydroxylation sites is 3. The van der Waals surface area contributed by atoms with E-state index >= 15 is 0 Å². The van der Waals surface area contributed by atoms with E-state index in [-0.39, 0.29) is 25.5 Å². The van der Waals surface area contributed by atoms with Crippen molar-refractivity contribution in [2.75, 3.05) is 4.90 Å². The van der Waals surface area contributed by atoms with Gasteiger partial charge < -0.3 is 9.88 Å². The van der Waals surface area contributed by atoms with Crippen LogP contribution in [0.1, 0.15) is 25.0 Å². The van der Waals surface area contributed by atoms with Crippen LogP contribution in [0, 0.1) is 12.1 Å². The minimum Gasteiger partial charge on any atom is -0.352 e. The maximum atomic E-state index is 4.84. The van der Waals surface area contributed by atoms with Crippen LogP contribution in [0.25, 0.3) is 44.5 Å². The van der Waals surface area contributed by atoms with E-state index < -0.39 is 0 Å². The zero-order chi connectivity index (χ0) is 33.9. The van der Waals surface area contributed by atoms with Crippen molar-refractivity contribution in [2.24, 2.45) is 0 Å². The molecule has 0 fully saturated rings. The minimum absolute atomic E-state index is 0. The Balaban J connectivity index is 0.000000156. The first-order valence-electron chi connectivity index (χ1n) is 16.9. The average Bonchev–Trinajstić information content (AvgIpc) is 3.42. The standard InChI is InChI=1S/C24H18N.C23H17N2.Ir/c1-24(2)20-9-5-4-8-18(20)19-13-11-17(15-21(19)24)23-14-12-16-7-3-6-10-22(16)25-23;1-3-9-20(10-4-1)25(21-11-5-2-6-12-21)22-16-14-19(15-17-22)23-13-7-8-18-24-23;/h3-10,12-15H,1-2H3;1-14,16-18H;/q2*-1;. The van der Waals surface area contributed by atoms with E-state index in [1.807, 2.05) is 48.5 Å². The van der Waals surface area contributed by atoms with Gasteiger partial charge in [-0.15, -0.1) is 59.2 Å². The molecule has 1 aliphatic carbocycles. The van der Waals surface area contributed by atoms with Crippen molar-refractivity contribution >= 4 is 28.0 Å². The first-order valence-corrected chi connectivity index (χ1v) is 16.9. The van der Waals surface area contributed by atoms with E-state index in [0.717, 1.165) is 45.1 Å². The summed E-state index contributed by atoms with van der Waals surface area (Å²) in [7, 11) is 0. The summed E-state index contributed by atoms with van der Waals surface area (Å²) in [4.78, 5) is 11.5. The second kappa shape index (κ2) is 14.7. The summed E-state index contributed by atoms with van der Waals surface area (Å²) in [6.07, 6.45) is 1.80. The normalized spacial score (nSPS) is 12.1. The number of anilines is 3. The molecule has 0 amide bonds. The van der Waals surface area contributed by atoms with Crippen molar-refractivity contribution in [3.8, 4) is 33.6 Å². The zero-order valence-corrected chi connectivity index (χ0v) is 30.8. The van der Waals surface area contributed by atoms with Crippen LogP contribution in [0.2, 0.25) is 0 Å². The molecule has 0 bridgehead atoms. The third kappa shape index (κ3) is 6.77. The summed E-state index contributed by atoms with van der Waals surface area (Å²) in [5.41, 5.74) is 13.7. The van der Waals surface area contributed by atoms with Crippen LogP contribution in [-0.2, 0) is 25.5 Å². The maximum Gasteiger partial charge on any atom is 0.0595 e. The molecule has 0 saturated carbocycles. The number of fused-ring (bicyclic) bond motifs is 4. The Morgan fingerprint density at radius 2 is 1.18 bits per heavy atom. The van der Waals surface area contributed by atoms with Gasteiger partial charge in [-0.25, -0.2) is 0 Å². The van der Waals surface area contributed by atoms with Crippen LogP contribution in [0.4, 0.5) is 17.1 Å². The smallest absolute Gasteiger partial charge is 0.0595 e. The molecule has 2 heterocycles. The molecule has 3 nitrogen and oxygen atoms in total. The molecule has 0 aliphatic heterocycles. The summed E-state index contributed by atoms with van der Waals surface area (Å²) in [5, 5.41) is 1.17. The quantitative estimate of drug-likeness (QED) is 0.162. The van der Waals surface area contributed by atoms with Gasteiger partial charge in [0, 0.05) is 37.7 Å². The molecular weight excluding hydrogens is 799 g/mol. The van der Waals surface area contributed by atoms with Crippen LogP contribution in [-0.4, -0.2) is 9.97 Å². The monoisotopic (exact) mass is 834 g/mol. The van der Waals surface area contributed by atoms with E-state index in [4.69, 9.17) is 4.98 Å². The van der Waals surface area contributed by atoms with Crippen molar-refractivity contribution in [2.45, 2.75) is 19.3 Å². The van der Waals surface area contributed by atoms with Crippen LogP contribution in [0.5, 0.6) is 0 Å². The summed E-state index contributed by atoms with van der Waals surface area (Å²) >= 11 is 0. The van der Waals surface area contributed by atoms with Crippen molar-refractivity contribution < 1.29 is 20.1 Å². The third-order valence-corrected chi connectivity index (χ3v) is 9.41. The average molecular weight is 834 g/mol. The molecule has 9 rings (SSSR count). The predicted octanol–water partition coefficient (Wildman–Crippen LogP) is 12.0. The summed E-state index contributed by atoms with van der Waals surface area (Å²) in [6.45, 7) is 4.60. The molecule has 0 atom stereocenters. The van der Waals surface area contributed by atoms with Crippen LogP contribution in [0.15, 0.2) is 176 Å². The van der Waals surface area contributed by atoms with E-state index in [0.29, 0.717) is 0 Å². The molecule has 6 aromatic carbocycles. The van der Waals surface area contributed by atoms with Crippen molar-refractivity contribution in [1.82, 2.24) is 9.97 Å². The number of nitrogens with zero attached hydrogens (tertiary/aromatic N) is 3. The predicted molar refractivity (Wildman–Crippen MR) is 207 cm³/mol. The molecule has 1 radical (unpaired) electrons. The molecule has 4 heteroatoms. The fraction of sp³-hybridized carbons (Fsp3) is 0.0638. The summed E-state index contributed by atoms with van der Waals surface area (Å²) < 4.78 is 0. The zero-order valence-electron chi connectivity index (χ0n) is 28.4. The number of rotatable bonds is 5. The van der Waals surface area contributed by atoms with Gasteiger partial charge in [-0.2, -0.15) is 0 Å². The van der Waals surface area contributed by atoms with Gasteiger partial charge in [-0.1, -0.05) is 128 Å².